The smallest absolute Gasteiger partial charge is 0.497 e. The molecule has 6 nitrogen and oxygen atoms in total. The number of benzene rings is 10. The maximum Gasteiger partial charge on any atom is 2.00 e. The van der Waals surface area contributed by atoms with Crippen molar-refractivity contribution in [3.05, 3.63) is 263 Å². The van der Waals surface area contributed by atoms with Crippen molar-refractivity contribution in [3.8, 4) is 68.0 Å². The normalized spacial score (nSPS) is 11.8. The Morgan fingerprint density at radius 3 is 0.980 bits per heavy atom. The van der Waals surface area contributed by atoms with Crippen LogP contribution in [0.1, 0.15) is 102 Å². The fourth-order valence-electron chi connectivity index (χ4n) is 13.7. The third kappa shape index (κ3) is 12.2. The summed E-state index contributed by atoms with van der Waals surface area (Å²) in [6, 6.07) is 75.4. The first-order valence-corrected chi connectivity index (χ1v) is 35.4. The first kappa shape index (κ1) is 66.5. The van der Waals surface area contributed by atoms with Crippen LogP contribution in [-0.4, -0.2) is 19.9 Å². The summed E-state index contributed by atoms with van der Waals surface area (Å²) in [4.78, 5) is 19.4. The summed E-state index contributed by atoms with van der Waals surface area (Å²) >= 11 is 5.47. The second-order valence-corrected chi connectivity index (χ2v) is 29.4. The fourth-order valence-corrected chi connectivity index (χ4v) is 17.1. The van der Waals surface area contributed by atoms with Crippen molar-refractivity contribution in [2.24, 2.45) is 0 Å². The molecule has 0 aliphatic carbocycles. The molecule has 0 amide bonds. The van der Waals surface area contributed by atoms with E-state index in [1.54, 1.807) is 0 Å². The molecule has 0 fully saturated rings. The first-order chi connectivity index (χ1) is 46.7. The molecule has 10 aromatic carbocycles. The van der Waals surface area contributed by atoms with Crippen LogP contribution in [0.5, 0.6) is 23.0 Å². The van der Waals surface area contributed by atoms with Gasteiger partial charge in [0.15, 0.2) is 0 Å². The predicted molar refractivity (Wildman–Crippen MR) is 406 cm³/mol. The topological polar surface area (TPSA) is 70.0 Å². The molecule has 17 aromatic rings. The van der Waals surface area contributed by atoms with E-state index in [-0.39, 0.29) is 47.5 Å². The summed E-state index contributed by atoms with van der Waals surface area (Å²) in [7, 11) is 0. The maximum absolute atomic E-state index is 6.52. The molecule has 0 unspecified atom stereocenters. The Labute approximate surface area is 612 Å². The molecule has 98 heavy (non-hydrogen) atoms. The number of nitrogens with zero attached hydrogens (tertiary/aromatic N) is 4. The average molecular weight is 1690 g/mol. The molecule has 0 bridgehead atoms. The van der Waals surface area contributed by atoms with Gasteiger partial charge in [0.05, 0.1) is 0 Å². The molecule has 0 radical (unpaired) electrons. The first-order valence-electron chi connectivity index (χ1n) is 32.8. The van der Waals surface area contributed by atoms with Gasteiger partial charge in [-0.1, -0.05) is 147 Å². The summed E-state index contributed by atoms with van der Waals surface area (Å²) in [6.07, 6.45) is 7.52. The van der Waals surface area contributed by atoms with Gasteiger partial charge in [0.25, 0.3) is 0 Å². The molecule has 0 aliphatic rings. The summed E-state index contributed by atoms with van der Waals surface area (Å²) in [5.41, 5.74) is 12.6. The van der Waals surface area contributed by atoms with Crippen LogP contribution in [0.25, 0.3) is 140 Å². The van der Waals surface area contributed by atoms with Gasteiger partial charge in [0.1, 0.15) is 0 Å². The minimum atomic E-state index is 0. The van der Waals surface area contributed by atoms with E-state index in [1.807, 2.05) is 113 Å². The number of fused-ring (bicyclic) bond motifs is 15. The summed E-state index contributed by atoms with van der Waals surface area (Å²) in [5, 5.41) is 25.3. The Hall–Kier alpha value is -8.78. The van der Waals surface area contributed by atoms with Crippen molar-refractivity contribution < 1.29 is 51.6 Å². The van der Waals surface area contributed by atoms with Gasteiger partial charge in [-0.15, -0.1) is 129 Å². The number of ether oxygens (including phenoxy) is 2. The number of aromatic nitrogens is 4. The maximum atomic E-state index is 6.52. The largest absolute Gasteiger partial charge is 2.00 e. The zero-order chi connectivity index (χ0) is 65.5. The van der Waals surface area contributed by atoms with Gasteiger partial charge < -0.3 is 29.4 Å². The molecule has 7 aromatic heterocycles. The van der Waals surface area contributed by atoms with Crippen molar-refractivity contribution in [2.75, 3.05) is 0 Å². The SMILES string of the molecule is CC(C)c1csc2ccc3c(ccc4ccnc(-c5[c-]c(Oc6[c-]c(-c7cc(C(C)(C)C)ccn7)ccc6)ccc5)c43)c12.CC(C)c1csc2ccc3c(ccc4ccnc(-c5[c-]c(Oc6[c-]c(-c7nccc8ccc9c(ccc%10scc(C(C)C)c%109)c78)ccc6)ccc5)c43)c12.[Pt+2].[Pt+2]. The molecule has 0 aliphatic heterocycles. The van der Waals surface area contributed by atoms with Crippen molar-refractivity contribution in [1.82, 2.24) is 19.9 Å². The van der Waals surface area contributed by atoms with Gasteiger partial charge in [0, 0.05) is 78.0 Å². The fraction of sp³-hybridized carbons (Fsp3) is 0.149. The predicted octanol–water partition coefficient (Wildman–Crippen LogP) is 25.6. The van der Waals surface area contributed by atoms with Gasteiger partial charge in [0.2, 0.25) is 0 Å². The van der Waals surface area contributed by atoms with Crippen LogP contribution in [0, 0.1) is 24.3 Å². The van der Waals surface area contributed by atoms with Crippen LogP contribution in [-0.2, 0) is 47.5 Å². The Bertz CT molecular complexity index is 5710. The molecular formula is C87H66N4O2Pt2S3. The van der Waals surface area contributed by atoms with E-state index < -0.39 is 0 Å². The summed E-state index contributed by atoms with van der Waals surface area (Å²) < 4.78 is 16.8. The zero-order valence-corrected chi connectivity index (χ0v) is 62.5. The number of pyridine rings is 4. The van der Waals surface area contributed by atoms with Crippen molar-refractivity contribution >= 4 is 129 Å². The van der Waals surface area contributed by atoms with Crippen LogP contribution in [0.15, 0.2) is 217 Å². The standard InChI is InChI=1S/C48H34N2OS2.C39H32N2OS.2Pt/c1-27(2)39-25-52-41-17-15-35-37(45(39)41)13-11-29-19-21-49-47(43(29)35)31-7-5-9-33(23-31)51-34-10-6-8-32(24-34)48-44-30(20-22-50-48)12-14-38-36(44)16-18-42-46(38)40(26-53-42)28(3)4;1-24(2)33-23-43-35-15-14-31-32(37(33)35)13-12-25-16-18-41-38(36(25)31)27-9-7-11-30(21-27)42-29-10-6-8-26(20-29)34-22-28(17-19-40-34)39(3,4)5;;/h5-22,25-28H,1-4H3;6-19,22-24H,1-5H3;;/q2*-2;2*+2. The second-order valence-electron chi connectivity index (χ2n) is 26.7. The molecule has 7 heterocycles. The van der Waals surface area contributed by atoms with Crippen molar-refractivity contribution in [3.63, 3.8) is 0 Å². The molecule has 0 atom stereocenters. The molecule has 17 rings (SSSR count). The molecular weight excluding hydrogens is 1620 g/mol. The summed E-state index contributed by atoms with van der Waals surface area (Å²) in [5.74, 6) is 3.79. The van der Waals surface area contributed by atoms with Crippen molar-refractivity contribution in [2.45, 2.75) is 85.5 Å². The van der Waals surface area contributed by atoms with E-state index in [0.717, 1.165) is 77.3 Å². The quantitative estimate of drug-likeness (QED) is 0.0949. The van der Waals surface area contributed by atoms with E-state index in [9.17, 15) is 0 Å². The number of thiophene rings is 3. The molecule has 0 saturated carbocycles. The van der Waals surface area contributed by atoms with E-state index in [2.05, 4.69) is 229 Å². The Kier molecular flexibility index (Phi) is 18.4. The number of rotatable bonds is 11. The van der Waals surface area contributed by atoms with Crippen LogP contribution in [0.4, 0.5) is 0 Å². The van der Waals surface area contributed by atoms with E-state index in [1.165, 1.54) is 84.8 Å². The van der Waals surface area contributed by atoms with E-state index in [0.29, 0.717) is 40.8 Å². The van der Waals surface area contributed by atoms with E-state index in [4.69, 9.17) is 24.4 Å². The minimum Gasteiger partial charge on any atom is -0.497 e. The van der Waals surface area contributed by atoms with Crippen LogP contribution < -0.4 is 9.47 Å². The van der Waals surface area contributed by atoms with Crippen LogP contribution in [0.3, 0.4) is 0 Å². The number of hydrogen-bond acceptors (Lipinski definition) is 9. The van der Waals surface area contributed by atoms with Crippen LogP contribution in [0.2, 0.25) is 0 Å². The third-order valence-electron chi connectivity index (χ3n) is 18.5. The van der Waals surface area contributed by atoms with Gasteiger partial charge in [-0.3, -0.25) is 0 Å². The summed E-state index contributed by atoms with van der Waals surface area (Å²) in [6.45, 7) is 20.2. The van der Waals surface area contributed by atoms with Gasteiger partial charge in [-0.25, -0.2) is 0 Å². The third-order valence-corrected chi connectivity index (χ3v) is 21.4. The second kappa shape index (κ2) is 27.1. The molecule has 484 valence electrons. The van der Waals surface area contributed by atoms with Crippen LogP contribution >= 0.6 is 34.0 Å². The monoisotopic (exact) mass is 1680 g/mol. The van der Waals surface area contributed by atoms with Gasteiger partial charge in [-0.05, 0) is 191 Å². The molecule has 0 N–H and O–H groups in total. The van der Waals surface area contributed by atoms with Gasteiger partial charge in [-0.2, -0.15) is 0 Å². The Balaban J connectivity index is 0.000000168. The average Bonchev–Trinajstić information content (AvgIpc) is 1.30. The number of hydrogen-bond donors (Lipinski definition) is 0. The Morgan fingerprint density at radius 1 is 0.337 bits per heavy atom. The minimum absolute atomic E-state index is 0. The van der Waals surface area contributed by atoms with Gasteiger partial charge >= 0.3 is 42.1 Å². The zero-order valence-electron chi connectivity index (χ0n) is 55.5. The van der Waals surface area contributed by atoms with Crippen molar-refractivity contribution in [1.29, 1.82) is 0 Å². The molecule has 0 saturated heterocycles. The Morgan fingerprint density at radius 2 is 0.643 bits per heavy atom. The molecule has 0 spiro atoms. The molecule has 11 heteroatoms. The van der Waals surface area contributed by atoms with E-state index >= 15 is 0 Å².